The van der Waals surface area contributed by atoms with Gasteiger partial charge >= 0.3 is 0 Å². The second-order valence-corrected chi connectivity index (χ2v) is 4.41. The van der Waals surface area contributed by atoms with Gasteiger partial charge in [-0.2, -0.15) is 0 Å². The van der Waals surface area contributed by atoms with Gasteiger partial charge in [-0.3, -0.25) is 4.79 Å². The third-order valence-corrected chi connectivity index (χ3v) is 3.02. The Bertz CT molecular complexity index is 408. The van der Waals surface area contributed by atoms with E-state index in [2.05, 4.69) is 0 Å². The number of rotatable bonds is 3. The fourth-order valence-corrected chi connectivity index (χ4v) is 1.51. The monoisotopic (exact) mass is 210 g/mol. The smallest absolute Gasteiger partial charge is 0.159 e. The van der Waals surface area contributed by atoms with Gasteiger partial charge in [0, 0.05) is 11.8 Å². The average molecular weight is 210 g/mol. The van der Waals surface area contributed by atoms with Crippen molar-refractivity contribution in [2.75, 3.05) is 0 Å². The molecule has 0 saturated heterocycles. The van der Waals surface area contributed by atoms with Crippen molar-refractivity contribution in [1.29, 1.82) is 0 Å². The van der Waals surface area contributed by atoms with E-state index in [0.717, 1.165) is 25.0 Å². The minimum atomic E-state index is -0.888. The lowest BCUT2D eigenvalue weighted by molar-refractivity contribution is -0.122. The molecule has 2 rings (SSSR count). The summed E-state index contributed by atoms with van der Waals surface area (Å²) in [7, 11) is 0. The molecule has 15 heavy (non-hydrogen) atoms. The predicted octanol–water partition coefficient (Wildman–Crippen LogP) is 2.88. The zero-order chi connectivity index (χ0) is 11.1. The first-order chi connectivity index (χ1) is 7.01. The number of Topliss-reactive ketones (excluding diaryl/α,β-unsaturated/α-hetero) is 1. The molecule has 0 aromatic heterocycles. The molecule has 1 fully saturated rings. The number of halogens is 2. The maximum absolute atomic E-state index is 12.9. The van der Waals surface area contributed by atoms with Crippen LogP contribution in [0.1, 0.15) is 25.3 Å². The fourth-order valence-electron chi connectivity index (χ4n) is 1.51. The summed E-state index contributed by atoms with van der Waals surface area (Å²) in [6.07, 6.45) is 2.03. The minimum Gasteiger partial charge on any atom is -0.299 e. The van der Waals surface area contributed by atoms with Crippen LogP contribution in [0.25, 0.3) is 0 Å². The second kappa shape index (κ2) is 3.40. The van der Waals surface area contributed by atoms with E-state index in [0.29, 0.717) is 5.56 Å². The van der Waals surface area contributed by atoms with Crippen LogP contribution in [0.4, 0.5) is 8.78 Å². The number of benzene rings is 1. The van der Waals surface area contributed by atoms with Crippen LogP contribution in [0.3, 0.4) is 0 Å². The van der Waals surface area contributed by atoms with Gasteiger partial charge in [-0.05, 0) is 30.5 Å². The van der Waals surface area contributed by atoms with Crippen LogP contribution in [0.5, 0.6) is 0 Å². The summed E-state index contributed by atoms with van der Waals surface area (Å²) >= 11 is 0. The Labute approximate surface area is 87.1 Å². The van der Waals surface area contributed by atoms with Crippen LogP contribution in [-0.2, 0) is 11.2 Å². The zero-order valence-corrected chi connectivity index (χ0v) is 8.52. The normalized spacial score (nSPS) is 17.5. The molecule has 0 atom stereocenters. The first kappa shape index (κ1) is 10.3. The van der Waals surface area contributed by atoms with Crippen LogP contribution < -0.4 is 0 Å². The third kappa shape index (κ3) is 2.06. The van der Waals surface area contributed by atoms with Gasteiger partial charge in [0.25, 0.3) is 0 Å². The largest absolute Gasteiger partial charge is 0.299 e. The van der Waals surface area contributed by atoms with E-state index in [4.69, 9.17) is 0 Å². The molecule has 1 nitrogen and oxygen atoms in total. The van der Waals surface area contributed by atoms with Gasteiger partial charge < -0.3 is 0 Å². The summed E-state index contributed by atoms with van der Waals surface area (Å²) in [5.74, 6) is -1.64. The van der Waals surface area contributed by atoms with Crippen molar-refractivity contribution in [3.8, 4) is 0 Å². The molecule has 1 saturated carbocycles. The molecule has 0 radical (unpaired) electrons. The highest BCUT2D eigenvalue weighted by Crippen LogP contribution is 2.46. The molecular formula is C12H12F2O. The number of carbonyl (C=O) groups excluding carboxylic acids is 1. The summed E-state index contributed by atoms with van der Waals surface area (Å²) < 4.78 is 25.5. The Morgan fingerprint density at radius 3 is 2.53 bits per heavy atom. The minimum absolute atomic E-state index is 0.119. The highest BCUT2D eigenvalue weighted by molar-refractivity contribution is 5.88. The molecular weight excluding hydrogens is 198 g/mol. The van der Waals surface area contributed by atoms with E-state index < -0.39 is 11.6 Å². The van der Waals surface area contributed by atoms with Crippen LogP contribution in [0.2, 0.25) is 0 Å². The Morgan fingerprint density at radius 1 is 1.33 bits per heavy atom. The number of ketones is 1. The van der Waals surface area contributed by atoms with E-state index in [9.17, 15) is 13.6 Å². The molecule has 0 aliphatic heterocycles. The Balaban J connectivity index is 2.11. The maximum atomic E-state index is 12.9. The van der Waals surface area contributed by atoms with E-state index in [1.807, 2.05) is 6.92 Å². The van der Waals surface area contributed by atoms with E-state index >= 15 is 0 Å². The van der Waals surface area contributed by atoms with Crippen molar-refractivity contribution in [1.82, 2.24) is 0 Å². The molecule has 0 amide bonds. The lowest BCUT2D eigenvalue weighted by atomic mass is 9.97. The van der Waals surface area contributed by atoms with Gasteiger partial charge in [-0.1, -0.05) is 13.0 Å². The molecule has 1 aliphatic carbocycles. The maximum Gasteiger partial charge on any atom is 0.159 e. The van der Waals surface area contributed by atoms with Crippen LogP contribution in [0, 0.1) is 17.0 Å². The van der Waals surface area contributed by atoms with Gasteiger partial charge in [0.05, 0.1) is 0 Å². The lowest BCUT2D eigenvalue weighted by Crippen LogP contribution is -2.14. The fraction of sp³-hybridized carbons (Fsp3) is 0.417. The van der Waals surface area contributed by atoms with Gasteiger partial charge in [0.2, 0.25) is 0 Å². The highest BCUT2D eigenvalue weighted by Gasteiger charge is 2.43. The van der Waals surface area contributed by atoms with Crippen LogP contribution >= 0.6 is 0 Å². The highest BCUT2D eigenvalue weighted by atomic mass is 19.2. The first-order valence-electron chi connectivity index (χ1n) is 4.98. The molecule has 80 valence electrons. The number of hydrogen-bond donors (Lipinski definition) is 0. The Morgan fingerprint density at radius 2 is 2.00 bits per heavy atom. The molecule has 0 unspecified atom stereocenters. The standard InChI is InChI=1S/C12H12F2O/c1-12(4-5-12)11(15)7-8-2-3-9(13)10(14)6-8/h2-3,6H,4-5,7H2,1H3. The molecule has 0 spiro atoms. The zero-order valence-electron chi connectivity index (χ0n) is 8.52. The van der Waals surface area contributed by atoms with Crippen molar-refractivity contribution in [2.24, 2.45) is 5.41 Å². The van der Waals surface area contributed by atoms with E-state index in [-0.39, 0.29) is 17.6 Å². The molecule has 0 N–H and O–H groups in total. The van der Waals surface area contributed by atoms with Crippen LogP contribution in [-0.4, -0.2) is 5.78 Å². The van der Waals surface area contributed by atoms with Crippen molar-refractivity contribution in [3.63, 3.8) is 0 Å². The Hall–Kier alpha value is -1.25. The number of carbonyl (C=O) groups is 1. The average Bonchev–Trinajstić information content (AvgIpc) is 2.92. The third-order valence-electron chi connectivity index (χ3n) is 3.02. The van der Waals surface area contributed by atoms with Gasteiger partial charge in [-0.15, -0.1) is 0 Å². The molecule has 0 heterocycles. The summed E-state index contributed by atoms with van der Waals surface area (Å²) in [5, 5.41) is 0. The van der Waals surface area contributed by atoms with Crippen LogP contribution in [0.15, 0.2) is 18.2 Å². The van der Waals surface area contributed by atoms with Gasteiger partial charge in [-0.25, -0.2) is 8.78 Å². The summed E-state index contributed by atoms with van der Waals surface area (Å²) in [5.41, 5.74) is 0.345. The molecule has 3 heteroatoms. The number of hydrogen-bond acceptors (Lipinski definition) is 1. The van der Waals surface area contributed by atoms with Crippen molar-refractivity contribution >= 4 is 5.78 Å². The first-order valence-corrected chi connectivity index (χ1v) is 4.98. The quantitative estimate of drug-likeness (QED) is 0.749. The summed E-state index contributed by atoms with van der Waals surface area (Å²) in [6.45, 7) is 1.91. The Kier molecular flexibility index (Phi) is 2.33. The van der Waals surface area contributed by atoms with Crippen molar-refractivity contribution < 1.29 is 13.6 Å². The summed E-state index contributed by atoms with van der Waals surface area (Å²) in [4.78, 5) is 11.7. The van der Waals surface area contributed by atoms with Crippen molar-refractivity contribution in [3.05, 3.63) is 35.4 Å². The lowest BCUT2D eigenvalue weighted by Gasteiger charge is -2.06. The molecule has 1 aromatic rings. The molecule has 0 bridgehead atoms. The second-order valence-electron chi connectivity index (χ2n) is 4.41. The summed E-state index contributed by atoms with van der Waals surface area (Å²) in [6, 6.07) is 3.62. The molecule has 1 aliphatic rings. The topological polar surface area (TPSA) is 17.1 Å². The van der Waals surface area contributed by atoms with E-state index in [1.54, 1.807) is 0 Å². The predicted molar refractivity (Wildman–Crippen MR) is 52.4 cm³/mol. The van der Waals surface area contributed by atoms with Gasteiger partial charge in [0.1, 0.15) is 5.78 Å². The SMILES string of the molecule is CC1(C(=O)Cc2ccc(F)c(F)c2)CC1. The van der Waals surface area contributed by atoms with E-state index in [1.165, 1.54) is 6.07 Å². The molecule has 1 aromatic carbocycles. The van der Waals surface area contributed by atoms with Gasteiger partial charge in [0.15, 0.2) is 11.6 Å². The van der Waals surface area contributed by atoms with Crippen molar-refractivity contribution in [2.45, 2.75) is 26.2 Å².